The highest BCUT2D eigenvalue weighted by molar-refractivity contribution is 9.10. The van der Waals surface area contributed by atoms with Gasteiger partial charge in [-0.2, -0.15) is 0 Å². The van der Waals surface area contributed by atoms with Gasteiger partial charge in [-0.1, -0.05) is 33.6 Å². The highest BCUT2D eigenvalue weighted by atomic mass is 79.9. The minimum Gasteiger partial charge on any atom is -0.366 e. The molecule has 2 N–H and O–H groups in total. The third-order valence-electron chi connectivity index (χ3n) is 3.45. The molecule has 0 aliphatic heterocycles. The molecule has 0 bridgehead atoms. The van der Waals surface area contributed by atoms with Crippen LogP contribution in [0.15, 0.2) is 46.9 Å². The first-order valence-electron chi connectivity index (χ1n) is 6.47. The van der Waals surface area contributed by atoms with E-state index in [-0.39, 0.29) is 11.9 Å². The van der Waals surface area contributed by atoms with E-state index in [1.54, 1.807) is 6.07 Å². The predicted molar refractivity (Wildman–Crippen MR) is 85.5 cm³/mol. The van der Waals surface area contributed by atoms with Crippen molar-refractivity contribution in [3.8, 4) is 0 Å². The maximum absolute atomic E-state index is 13.5. The van der Waals surface area contributed by atoms with Gasteiger partial charge in [0.05, 0.1) is 6.04 Å². The lowest BCUT2D eigenvalue weighted by Gasteiger charge is -2.30. The van der Waals surface area contributed by atoms with Crippen molar-refractivity contribution in [2.75, 3.05) is 18.5 Å². The Morgan fingerprint density at radius 3 is 2.45 bits per heavy atom. The number of anilines is 1. The number of likely N-dealkylation sites (N-methyl/N-ethyl adjacent to an activating group) is 1. The van der Waals surface area contributed by atoms with Crippen LogP contribution in [0.25, 0.3) is 0 Å². The van der Waals surface area contributed by atoms with Crippen molar-refractivity contribution in [3.05, 3.63) is 63.9 Å². The summed E-state index contributed by atoms with van der Waals surface area (Å²) in [6, 6.07) is 12.8. The summed E-state index contributed by atoms with van der Waals surface area (Å²) in [6.45, 7) is 2.46. The van der Waals surface area contributed by atoms with Crippen LogP contribution in [-0.2, 0) is 0 Å². The molecule has 2 aromatic carbocycles. The van der Waals surface area contributed by atoms with Crippen LogP contribution in [0.4, 0.5) is 10.1 Å². The van der Waals surface area contributed by atoms with Crippen LogP contribution in [-0.4, -0.2) is 13.6 Å². The largest absolute Gasteiger partial charge is 0.366 e. The van der Waals surface area contributed by atoms with Crippen molar-refractivity contribution in [3.63, 3.8) is 0 Å². The van der Waals surface area contributed by atoms with Crippen molar-refractivity contribution < 1.29 is 4.39 Å². The van der Waals surface area contributed by atoms with Crippen molar-refractivity contribution in [1.29, 1.82) is 0 Å². The van der Waals surface area contributed by atoms with Gasteiger partial charge in [0.2, 0.25) is 0 Å². The topological polar surface area (TPSA) is 29.3 Å². The van der Waals surface area contributed by atoms with Crippen LogP contribution in [0.5, 0.6) is 0 Å². The van der Waals surface area contributed by atoms with Crippen LogP contribution in [0.1, 0.15) is 17.2 Å². The molecule has 20 heavy (non-hydrogen) atoms. The minimum absolute atomic E-state index is 0.0808. The highest BCUT2D eigenvalue weighted by Gasteiger charge is 2.19. The van der Waals surface area contributed by atoms with Crippen molar-refractivity contribution in [1.82, 2.24) is 0 Å². The predicted octanol–water partition coefficient (Wildman–Crippen LogP) is 4.03. The third kappa shape index (κ3) is 3.19. The summed E-state index contributed by atoms with van der Waals surface area (Å²) < 4.78 is 14.4. The number of halogens is 2. The Hall–Kier alpha value is -1.39. The number of aryl methyl sites for hydroxylation is 1. The van der Waals surface area contributed by atoms with E-state index in [0.717, 1.165) is 15.7 Å². The van der Waals surface area contributed by atoms with Gasteiger partial charge in [0.15, 0.2) is 0 Å². The summed E-state index contributed by atoms with van der Waals surface area (Å²) in [5, 5.41) is 0. The van der Waals surface area contributed by atoms with Crippen LogP contribution < -0.4 is 10.6 Å². The summed E-state index contributed by atoms with van der Waals surface area (Å²) in [5.74, 6) is -0.251. The quantitative estimate of drug-likeness (QED) is 0.913. The van der Waals surface area contributed by atoms with Crippen molar-refractivity contribution in [2.24, 2.45) is 5.73 Å². The lowest BCUT2D eigenvalue weighted by atomic mass is 10.0. The van der Waals surface area contributed by atoms with Gasteiger partial charge in [-0.05, 0) is 42.8 Å². The summed E-state index contributed by atoms with van der Waals surface area (Å²) in [7, 11) is 1.97. The number of hydrogen-bond donors (Lipinski definition) is 1. The Bertz CT molecular complexity index is 584. The number of nitrogens with zero attached hydrogens (tertiary/aromatic N) is 1. The van der Waals surface area contributed by atoms with Crippen molar-refractivity contribution >= 4 is 21.6 Å². The molecule has 0 spiro atoms. The molecule has 0 aliphatic carbocycles. The summed E-state index contributed by atoms with van der Waals surface area (Å²) in [4.78, 5) is 2.07. The van der Waals surface area contributed by atoms with Gasteiger partial charge in [-0.3, -0.25) is 0 Å². The van der Waals surface area contributed by atoms with Gasteiger partial charge < -0.3 is 10.6 Å². The zero-order valence-corrected chi connectivity index (χ0v) is 13.2. The Labute approximate surface area is 127 Å². The fourth-order valence-corrected chi connectivity index (χ4v) is 2.73. The normalized spacial score (nSPS) is 12.2. The number of hydrogen-bond acceptors (Lipinski definition) is 2. The number of benzene rings is 2. The van der Waals surface area contributed by atoms with Gasteiger partial charge in [-0.15, -0.1) is 0 Å². The summed E-state index contributed by atoms with van der Waals surface area (Å²) in [5.41, 5.74) is 9.03. The second kappa shape index (κ2) is 6.37. The molecule has 0 amide bonds. The Balaban J connectivity index is 2.36. The fourth-order valence-electron chi connectivity index (χ4n) is 2.22. The molecule has 0 aromatic heterocycles. The monoisotopic (exact) mass is 336 g/mol. The second-order valence-corrected chi connectivity index (χ2v) is 5.72. The first-order chi connectivity index (χ1) is 9.52. The lowest BCUT2D eigenvalue weighted by molar-refractivity contribution is 0.614. The van der Waals surface area contributed by atoms with E-state index in [1.807, 2.05) is 26.1 Å². The average molecular weight is 337 g/mol. The van der Waals surface area contributed by atoms with Gasteiger partial charge >= 0.3 is 0 Å². The molecule has 1 unspecified atom stereocenters. The Kier molecular flexibility index (Phi) is 4.78. The molecule has 0 saturated heterocycles. The second-order valence-electron chi connectivity index (χ2n) is 4.86. The molecule has 0 radical (unpaired) electrons. The zero-order valence-electron chi connectivity index (χ0n) is 11.6. The van der Waals surface area contributed by atoms with Crippen LogP contribution in [0.2, 0.25) is 0 Å². The Morgan fingerprint density at radius 2 is 1.85 bits per heavy atom. The first-order valence-corrected chi connectivity index (χ1v) is 7.26. The third-order valence-corrected chi connectivity index (χ3v) is 4.17. The molecular weight excluding hydrogens is 319 g/mol. The van der Waals surface area contributed by atoms with E-state index in [9.17, 15) is 4.39 Å². The van der Waals surface area contributed by atoms with E-state index >= 15 is 0 Å². The van der Waals surface area contributed by atoms with Crippen LogP contribution in [0, 0.1) is 12.7 Å². The zero-order chi connectivity index (χ0) is 14.7. The van der Waals surface area contributed by atoms with E-state index in [0.29, 0.717) is 6.54 Å². The van der Waals surface area contributed by atoms with Crippen LogP contribution in [0.3, 0.4) is 0 Å². The molecule has 0 fully saturated rings. The minimum atomic E-state index is -0.251. The Morgan fingerprint density at radius 1 is 1.20 bits per heavy atom. The molecule has 0 saturated carbocycles. The van der Waals surface area contributed by atoms with Gasteiger partial charge in [0, 0.05) is 23.8 Å². The molecular formula is C16H18BrFN2. The molecule has 4 heteroatoms. The lowest BCUT2D eigenvalue weighted by Crippen LogP contribution is -2.30. The SMILES string of the molecule is Cc1ccc(N(C)C(CN)c2cc(F)ccc2Br)cc1. The van der Waals surface area contributed by atoms with Crippen LogP contribution >= 0.6 is 15.9 Å². The molecule has 0 heterocycles. The van der Waals surface area contributed by atoms with Gasteiger partial charge in [-0.25, -0.2) is 4.39 Å². The highest BCUT2D eigenvalue weighted by Crippen LogP contribution is 2.30. The van der Waals surface area contributed by atoms with Gasteiger partial charge in [0.1, 0.15) is 5.82 Å². The van der Waals surface area contributed by atoms with E-state index in [4.69, 9.17) is 5.73 Å². The van der Waals surface area contributed by atoms with Crippen molar-refractivity contribution in [2.45, 2.75) is 13.0 Å². The maximum Gasteiger partial charge on any atom is 0.123 e. The molecule has 106 valence electrons. The molecule has 2 aromatic rings. The molecule has 1 atom stereocenters. The average Bonchev–Trinajstić information content (AvgIpc) is 2.44. The molecule has 0 aliphatic rings. The van der Waals surface area contributed by atoms with Gasteiger partial charge in [0.25, 0.3) is 0 Å². The standard InChI is InChI=1S/C16H18BrFN2/c1-11-3-6-13(7-4-11)20(2)16(10-19)14-9-12(18)5-8-15(14)17/h3-9,16H,10,19H2,1-2H3. The van der Waals surface area contributed by atoms with E-state index in [1.165, 1.54) is 17.7 Å². The fraction of sp³-hybridized carbons (Fsp3) is 0.250. The summed E-state index contributed by atoms with van der Waals surface area (Å²) in [6.07, 6.45) is 0. The summed E-state index contributed by atoms with van der Waals surface area (Å²) >= 11 is 3.48. The first kappa shape index (κ1) is 15.0. The maximum atomic E-state index is 13.5. The number of rotatable bonds is 4. The number of nitrogens with two attached hydrogens (primary N) is 1. The molecule has 2 nitrogen and oxygen atoms in total. The molecule has 2 rings (SSSR count). The van der Waals surface area contributed by atoms with E-state index < -0.39 is 0 Å². The van der Waals surface area contributed by atoms with E-state index in [2.05, 4.69) is 33.0 Å². The smallest absolute Gasteiger partial charge is 0.123 e.